The zero-order valence-corrected chi connectivity index (χ0v) is 15.6. The maximum absolute atomic E-state index is 14.3. The molecule has 4 aromatic rings. The number of pyridine rings is 1. The van der Waals surface area contributed by atoms with E-state index in [-0.39, 0.29) is 35.4 Å². The molecule has 0 spiro atoms. The van der Waals surface area contributed by atoms with Gasteiger partial charge in [0.1, 0.15) is 17.2 Å². The van der Waals surface area contributed by atoms with Crippen molar-refractivity contribution in [3.63, 3.8) is 0 Å². The Hall–Kier alpha value is -3.92. The van der Waals surface area contributed by atoms with Crippen molar-refractivity contribution < 1.29 is 19.4 Å². The van der Waals surface area contributed by atoms with Crippen LogP contribution in [0, 0.1) is 5.82 Å². The summed E-state index contributed by atoms with van der Waals surface area (Å²) < 4.78 is 14.3. The van der Waals surface area contributed by atoms with Crippen molar-refractivity contribution in [2.24, 2.45) is 0 Å². The zero-order valence-electron chi connectivity index (χ0n) is 15.6. The van der Waals surface area contributed by atoms with E-state index in [1.165, 1.54) is 12.1 Å². The van der Waals surface area contributed by atoms with E-state index in [9.17, 15) is 19.1 Å². The van der Waals surface area contributed by atoms with Gasteiger partial charge in [0, 0.05) is 12.2 Å². The predicted molar refractivity (Wildman–Crippen MR) is 111 cm³/mol. The number of anilines is 2. The number of nitrogens with two attached hydrogens (primary N) is 1. The van der Waals surface area contributed by atoms with Crippen molar-refractivity contribution in [1.82, 2.24) is 15.0 Å². The molecule has 4 rings (SSSR count). The second-order valence-corrected chi connectivity index (χ2v) is 6.86. The summed E-state index contributed by atoms with van der Waals surface area (Å²) in [7, 11) is 0. The van der Waals surface area contributed by atoms with E-state index in [1.54, 1.807) is 24.3 Å². The van der Waals surface area contributed by atoms with Crippen molar-refractivity contribution in [2.45, 2.75) is 12.5 Å². The summed E-state index contributed by atoms with van der Waals surface area (Å²) in [6.45, 7) is 0.0510. The van der Waals surface area contributed by atoms with Gasteiger partial charge in [0.25, 0.3) is 5.56 Å². The third-order valence-corrected chi connectivity index (χ3v) is 4.70. The Kier molecular flexibility index (Phi) is 4.84. The van der Waals surface area contributed by atoms with E-state index in [2.05, 4.69) is 20.3 Å². The number of aliphatic hydroxyl groups excluding tert-OH is 1. The monoisotopic (exact) mass is 411 g/mol. The van der Waals surface area contributed by atoms with Gasteiger partial charge in [-0.25, -0.2) is 9.37 Å². The highest BCUT2D eigenvalue weighted by molar-refractivity contribution is 5.98. The third-order valence-electron chi connectivity index (χ3n) is 4.70. The number of hydrogen-bond donors (Lipinski definition) is 6. The number of benzene rings is 2. The Morgan fingerprint density at radius 3 is 2.80 bits per heavy atom. The summed E-state index contributed by atoms with van der Waals surface area (Å²) in [5.41, 5.74) is 7.68. The third kappa shape index (κ3) is 3.55. The molecule has 0 aliphatic carbocycles. The van der Waals surface area contributed by atoms with Crippen LogP contribution in [0.15, 0.2) is 41.2 Å². The molecule has 0 aliphatic heterocycles. The van der Waals surface area contributed by atoms with Gasteiger partial charge in [-0.2, -0.15) is 0 Å². The highest BCUT2D eigenvalue weighted by Gasteiger charge is 2.18. The average molecular weight is 411 g/mol. The highest BCUT2D eigenvalue weighted by Crippen LogP contribution is 2.30. The van der Waals surface area contributed by atoms with Crippen molar-refractivity contribution in [2.75, 3.05) is 17.6 Å². The van der Waals surface area contributed by atoms with Crippen LogP contribution in [0.1, 0.15) is 6.42 Å². The predicted octanol–water partition coefficient (Wildman–Crippen LogP) is 2.04. The number of aromatic nitrogens is 3. The number of carboxylic acids is 1. The molecular formula is C20H18FN5O4. The minimum Gasteiger partial charge on any atom is -0.481 e. The van der Waals surface area contributed by atoms with Gasteiger partial charge in [0.15, 0.2) is 0 Å². The number of hydrogen-bond acceptors (Lipinski definition) is 6. The summed E-state index contributed by atoms with van der Waals surface area (Å²) in [5.74, 6) is -1.45. The lowest BCUT2D eigenvalue weighted by molar-refractivity contribution is -0.138. The molecule has 0 saturated heterocycles. The van der Waals surface area contributed by atoms with E-state index in [0.29, 0.717) is 22.2 Å². The first-order valence-corrected chi connectivity index (χ1v) is 9.07. The van der Waals surface area contributed by atoms with Gasteiger partial charge in [-0.05, 0) is 30.3 Å². The molecule has 30 heavy (non-hydrogen) atoms. The number of H-pyrrole nitrogens is 2. The second-order valence-electron chi connectivity index (χ2n) is 6.86. The lowest BCUT2D eigenvalue weighted by Gasteiger charge is -2.10. The van der Waals surface area contributed by atoms with Gasteiger partial charge in [-0.15, -0.1) is 0 Å². The maximum Gasteiger partial charge on any atom is 0.306 e. The van der Waals surface area contributed by atoms with E-state index in [4.69, 9.17) is 10.8 Å². The van der Waals surface area contributed by atoms with E-state index >= 15 is 0 Å². The molecular weight excluding hydrogens is 393 g/mol. The van der Waals surface area contributed by atoms with Gasteiger partial charge in [-0.1, -0.05) is 6.07 Å². The van der Waals surface area contributed by atoms with Gasteiger partial charge >= 0.3 is 5.97 Å². The first-order chi connectivity index (χ1) is 14.3. The molecule has 0 aliphatic rings. The molecule has 154 valence electrons. The lowest BCUT2D eigenvalue weighted by Crippen LogP contribution is -2.22. The van der Waals surface area contributed by atoms with Crippen LogP contribution in [0.5, 0.6) is 0 Å². The molecule has 1 unspecified atom stereocenters. The summed E-state index contributed by atoms with van der Waals surface area (Å²) in [4.78, 5) is 33.2. The van der Waals surface area contributed by atoms with Crippen LogP contribution in [0.2, 0.25) is 0 Å². The number of carboxylic acid groups (broad SMARTS) is 1. The fourth-order valence-corrected chi connectivity index (χ4v) is 3.32. The van der Waals surface area contributed by atoms with Gasteiger partial charge < -0.3 is 31.2 Å². The highest BCUT2D eigenvalue weighted by atomic mass is 19.1. The van der Waals surface area contributed by atoms with Gasteiger partial charge in [0.05, 0.1) is 40.1 Å². The van der Waals surface area contributed by atoms with Crippen LogP contribution in [0.4, 0.5) is 15.8 Å². The molecule has 2 aromatic carbocycles. The molecule has 0 fully saturated rings. The fourth-order valence-electron chi connectivity index (χ4n) is 3.32. The quantitative estimate of drug-likeness (QED) is 0.283. The van der Waals surface area contributed by atoms with Gasteiger partial charge in [0.2, 0.25) is 0 Å². The minimum absolute atomic E-state index is 0.0129. The number of imidazole rings is 1. The number of fused-ring (bicyclic) bond motifs is 2. The zero-order chi connectivity index (χ0) is 21.4. The summed E-state index contributed by atoms with van der Waals surface area (Å²) in [6.07, 6.45) is -1.41. The van der Waals surface area contributed by atoms with Crippen LogP contribution in [-0.4, -0.2) is 43.8 Å². The standard InChI is InChI=1S/C20H18FN5O4/c21-11-2-1-3-13-16(11)18(22)17(20(30)26-13)19-24-12-5-4-9(6-14(12)25-19)23-8-10(27)7-15(28)29/h1-6,10,23,27H,7-8H2,(H,24,25)(H,28,29)(H3,22,26,30). The molecule has 0 radical (unpaired) electrons. The molecule has 10 heteroatoms. The summed E-state index contributed by atoms with van der Waals surface area (Å²) >= 11 is 0. The number of halogens is 1. The SMILES string of the molecule is Nc1c(-c2nc3ccc(NCC(O)CC(=O)O)cc3[nH]2)c(=O)[nH]c2cccc(F)c12. The topological polar surface area (TPSA) is 157 Å². The Morgan fingerprint density at radius 2 is 2.03 bits per heavy atom. The normalized spacial score (nSPS) is 12.3. The minimum atomic E-state index is -1.09. The number of aliphatic hydroxyl groups is 1. The molecule has 0 amide bonds. The van der Waals surface area contributed by atoms with Crippen LogP contribution < -0.4 is 16.6 Å². The van der Waals surface area contributed by atoms with Crippen LogP contribution in [0.25, 0.3) is 33.3 Å². The first kappa shape index (κ1) is 19.4. The van der Waals surface area contributed by atoms with Gasteiger partial charge in [-0.3, -0.25) is 9.59 Å². The van der Waals surface area contributed by atoms with Crippen molar-refractivity contribution in [3.8, 4) is 11.4 Å². The van der Waals surface area contributed by atoms with Crippen LogP contribution in [0.3, 0.4) is 0 Å². The molecule has 7 N–H and O–H groups in total. The summed E-state index contributed by atoms with van der Waals surface area (Å²) in [5, 5.41) is 21.4. The maximum atomic E-state index is 14.3. The molecule has 0 saturated carbocycles. The fraction of sp³-hybridized carbons (Fsp3) is 0.150. The molecule has 2 aromatic heterocycles. The lowest BCUT2D eigenvalue weighted by atomic mass is 10.1. The Morgan fingerprint density at radius 1 is 1.23 bits per heavy atom. The Labute approximate surface area is 168 Å². The number of nitrogen functional groups attached to an aromatic ring is 1. The number of aromatic amines is 2. The van der Waals surface area contributed by atoms with Crippen molar-refractivity contribution in [1.29, 1.82) is 0 Å². The molecule has 0 bridgehead atoms. The van der Waals surface area contributed by atoms with Crippen molar-refractivity contribution >= 4 is 39.3 Å². The Balaban J connectivity index is 1.70. The average Bonchev–Trinajstić information content (AvgIpc) is 3.08. The number of carbonyl (C=O) groups is 1. The van der Waals surface area contributed by atoms with Crippen molar-refractivity contribution in [3.05, 3.63) is 52.6 Å². The number of aliphatic carboxylic acids is 1. The molecule has 1 atom stereocenters. The first-order valence-electron chi connectivity index (χ1n) is 9.07. The van der Waals surface area contributed by atoms with E-state index in [1.807, 2.05) is 0 Å². The summed E-state index contributed by atoms with van der Waals surface area (Å²) in [6, 6.07) is 9.40. The van der Waals surface area contributed by atoms with Crippen LogP contribution >= 0.6 is 0 Å². The molecule has 2 heterocycles. The molecule has 9 nitrogen and oxygen atoms in total. The largest absolute Gasteiger partial charge is 0.481 e. The number of nitrogens with zero attached hydrogens (tertiary/aromatic N) is 1. The van der Waals surface area contributed by atoms with E-state index < -0.39 is 23.4 Å². The Bertz CT molecular complexity index is 1330. The number of rotatable bonds is 6. The number of nitrogens with one attached hydrogen (secondary N) is 3. The van der Waals surface area contributed by atoms with E-state index in [0.717, 1.165) is 0 Å². The second kappa shape index (κ2) is 7.48. The smallest absolute Gasteiger partial charge is 0.306 e. The van der Waals surface area contributed by atoms with Crippen LogP contribution in [-0.2, 0) is 4.79 Å².